The van der Waals surface area contributed by atoms with E-state index in [-0.39, 0.29) is 11.2 Å². The summed E-state index contributed by atoms with van der Waals surface area (Å²) in [6, 6.07) is 26.0. The Balaban J connectivity index is 1.54. The first-order valence-electron chi connectivity index (χ1n) is 9.14. The Hall–Kier alpha value is -1.88. The van der Waals surface area contributed by atoms with E-state index >= 15 is 0 Å². The Labute approximate surface area is 180 Å². The lowest BCUT2D eigenvalue weighted by Gasteiger charge is -2.15. The molecule has 1 atom stereocenters. The van der Waals surface area contributed by atoms with Crippen LogP contribution in [-0.2, 0) is 10.5 Å². The molecule has 0 radical (unpaired) electrons. The normalized spacial score (nSPS) is 11.8. The average Bonchev–Trinajstić information content (AvgIpc) is 2.73. The lowest BCUT2D eigenvalue weighted by molar-refractivity contribution is -0.115. The van der Waals surface area contributed by atoms with E-state index in [0.717, 1.165) is 22.8 Å². The topological polar surface area (TPSA) is 29.1 Å². The fraction of sp³-hybridized carbons (Fsp3) is 0.174. The van der Waals surface area contributed by atoms with Gasteiger partial charge >= 0.3 is 0 Å². The van der Waals surface area contributed by atoms with Crippen LogP contribution in [-0.4, -0.2) is 11.2 Å². The standard InChI is InChI=1S/C23H22ClNOS2/c1-2-22(28-21-14-10-18(24)11-15-21)23(26)25-19-12-8-17(9-13-19)16-27-20-6-4-3-5-7-20/h3-15,22H,2,16H2,1H3,(H,25,26). The predicted molar refractivity (Wildman–Crippen MR) is 122 cm³/mol. The van der Waals surface area contributed by atoms with Crippen LogP contribution in [0.5, 0.6) is 0 Å². The van der Waals surface area contributed by atoms with Crippen LogP contribution in [0.2, 0.25) is 5.02 Å². The molecule has 0 aromatic heterocycles. The molecule has 1 amide bonds. The summed E-state index contributed by atoms with van der Waals surface area (Å²) in [7, 11) is 0. The SMILES string of the molecule is CCC(Sc1ccc(Cl)cc1)C(=O)Nc1ccc(CSc2ccccc2)cc1. The Morgan fingerprint density at radius 2 is 1.61 bits per heavy atom. The second-order valence-electron chi connectivity index (χ2n) is 6.26. The largest absolute Gasteiger partial charge is 0.325 e. The molecule has 2 nitrogen and oxygen atoms in total. The third-order valence-corrected chi connectivity index (χ3v) is 6.84. The van der Waals surface area contributed by atoms with E-state index in [4.69, 9.17) is 11.6 Å². The first-order chi connectivity index (χ1) is 13.6. The summed E-state index contributed by atoms with van der Waals surface area (Å²) >= 11 is 9.30. The number of nitrogens with one attached hydrogen (secondary N) is 1. The summed E-state index contributed by atoms with van der Waals surface area (Å²) in [4.78, 5) is 14.9. The van der Waals surface area contributed by atoms with Crippen molar-refractivity contribution < 1.29 is 4.79 Å². The summed E-state index contributed by atoms with van der Waals surface area (Å²) in [6.07, 6.45) is 0.755. The molecule has 1 N–H and O–H groups in total. The molecule has 0 saturated carbocycles. The van der Waals surface area contributed by atoms with Crippen molar-refractivity contribution >= 4 is 46.7 Å². The van der Waals surface area contributed by atoms with Crippen molar-refractivity contribution in [2.24, 2.45) is 0 Å². The van der Waals surface area contributed by atoms with Crippen LogP contribution in [0.15, 0.2) is 88.7 Å². The highest BCUT2D eigenvalue weighted by atomic mass is 35.5. The minimum absolute atomic E-state index is 0.0221. The van der Waals surface area contributed by atoms with Crippen molar-refractivity contribution in [2.45, 2.75) is 34.1 Å². The Kier molecular flexibility index (Phi) is 7.90. The van der Waals surface area contributed by atoms with E-state index in [1.807, 2.05) is 61.5 Å². The van der Waals surface area contributed by atoms with E-state index < -0.39 is 0 Å². The number of amides is 1. The molecule has 3 aromatic rings. The van der Waals surface area contributed by atoms with Gasteiger partial charge in [0.2, 0.25) is 5.91 Å². The average molecular weight is 428 g/mol. The number of hydrogen-bond donors (Lipinski definition) is 1. The van der Waals surface area contributed by atoms with Crippen molar-refractivity contribution in [3.8, 4) is 0 Å². The highest BCUT2D eigenvalue weighted by Crippen LogP contribution is 2.28. The number of anilines is 1. The van der Waals surface area contributed by atoms with Gasteiger partial charge in [-0.1, -0.05) is 48.9 Å². The van der Waals surface area contributed by atoms with E-state index in [0.29, 0.717) is 5.02 Å². The summed E-state index contributed by atoms with van der Waals surface area (Å²) in [5.74, 6) is 0.927. The van der Waals surface area contributed by atoms with Gasteiger partial charge in [-0.05, 0) is 60.5 Å². The molecule has 0 aliphatic heterocycles. The number of halogens is 1. The number of carbonyl (C=O) groups is 1. The fourth-order valence-corrected chi connectivity index (χ4v) is 4.55. The zero-order valence-electron chi connectivity index (χ0n) is 15.6. The Morgan fingerprint density at radius 3 is 2.25 bits per heavy atom. The summed E-state index contributed by atoms with van der Waals surface area (Å²) in [5.41, 5.74) is 2.06. The van der Waals surface area contributed by atoms with Gasteiger partial charge in [0.05, 0.1) is 5.25 Å². The van der Waals surface area contributed by atoms with Crippen LogP contribution in [0.4, 0.5) is 5.69 Å². The zero-order chi connectivity index (χ0) is 19.8. The van der Waals surface area contributed by atoms with Gasteiger partial charge in [0.15, 0.2) is 0 Å². The quantitative estimate of drug-likeness (QED) is 0.387. The van der Waals surface area contributed by atoms with E-state index in [9.17, 15) is 4.79 Å². The van der Waals surface area contributed by atoms with E-state index in [2.05, 4.69) is 29.6 Å². The molecule has 28 heavy (non-hydrogen) atoms. The molecule has 0 aliphatic rings. The van der Waals surface area contributed by atoms with Gasteiger partial charge in [0.25, 0.3) is 0 Å². The molecule has 0 saturated heterocycles. The smallest absolute Gasteiger partial charge is 0.237 e. The highest BCUT2D eigenvalue weighted by molar-refractivity contribution is 8.00. The number of benzene rings is 3. The minimum atomic E-state index is -0.144. The lowest BCUT2D eigenvalue weighted by Crippen LogP contribution is -2.24. The molecule has 0 bridgehead atoms. The Bertz CT molecular complexity index is 883. The molecule has 0 aliphatic carbocycles. The summed E-state index contributed by atoms with van der Waals surface area (Å²) < 4.78 is 0. The van der Waals surface area contributed by atoms with Gasteiger partial charge < -0.3 is 5.32 Å². The van der Waals surface area contributed by atoms with Gasteiger partial charge in [-0.3, -0.25) is 4.79 Å². The van der Waals surface area contributed by atoms with Crippen LogP contribution >= 0.6 is 35.1 Å². The number of hydrogen-bond acceptors (Lipinski definition) is 3. The molecule has 0 fully saturated rings. The van der Waals surface area contributed by atoms with Gasteiger partial charge in [0.1, 0.15) is 0 Å². The third kappa shape index (κ3) is 6.33. The van der Waals surface area contributed by atoms with E-state index in [1.54, 1.807) is 23.5 Å². The first kappa shape index (κ1) is 20.8. The first-order valence-corrected chi connectivity index (χ1v) is 11.4. The lowest BCUT2D eigenvalue weighted by atomic mass is 10.2. The number of rotatable bonds is 8. The maximum absolute atomic E-state index is 12.6. The van der Waals surface area contributed by atoms with E-state index in [1.165, 1.54) is 10.5 Å². The fourth-order valence-electron chi connectivity index (χ4n) is 2.59. The molecule has 144 valence electrons. The van der Waals surface area contributed by atoms with Crippen LogP contribution in [0.1, 0.15) is 18.9 Å². The van der Waals surface area contributed by atoms with Gasteiger partial charge in [-0.15, -0.1) is 23.5 Å². The third-order valence-electron chi connectivity index (χ3n) is 4.13. The molecule has 1 unspecified atom stereocenters. The van der Waals surface area contributed by atoms with Crippen LogP contribution in [0.25, 0.3) is 0 Å². The Morgan fingerprint density at radius 1 is 0.929 bits per heavy atom. The maximum Gasteiger partial charge on any atom is 0.237 e. The molecule has 3 rings (SSSR count). The molecular formula is C23H22ClNOS2. The van der Waals surface area contributed by atoms with Crippen LogP contribution in [0, 0.1) is 0 Å². The van der Waals surface area contributed by atoms with Crippen molar-refractivity contribution in [3.63, 3.8) is 0 Å². The molecular weight excluding hydrogens is 406 g/mol. The minimum Gasteiger partial charge on any atom is -0.325 e. The van der Waals surface area contributed by atoms with Crippen molar-refractivity contribution in [3.05, 3.63) is 89.4 Å². The second kappa shape index (κ2) is 10.6. The van der Waals surface area contributed by atoms with Crippen molar-refractivity contribution in [2.75, 3.05) is 5.32 Å². The van der Waals surface area contributed by atoms with Gasteiger partial charge in [-0.25, -0.2) is 0 Å². The van der Waals surface area contributed by atoms with Crippen LogP contribution in [0.3, 0.4) is 0 Å². The predicted octanol–water partition coefficient (Wildman–Crippen LogP) is 7.14. The summed E-state index contributed by atoms with van der Waals surface area (Å²) in [5, 5.41) is 3.59. The molecule has 5 heteroatoms. The molecule has 0 heterocycles. The monoisotopic (exact) mass is 427 g/mol. The summed E-state index contributed by atoms with van der Waals surface area (Å²) in [6.45, 7) is 2.02. The number of carbonyl (C=O) groups excluding carboxylic acids is 1. The van der Waals surface area contributed by atoms with Crippen molar-refractivity contribution in [1.82, 2.24) is 0 Å². The second-order valence-corrected chi connectivity index (χ2v) is 9.02. The zero-order valence-corrected chi connectivity index (χ0v) is 18.0. The number of thioether (sulfide) groups is 2. The maximum atomic E-state index is 12.6. The molecule has 0 spiro atoms. The molecule has 3 aromatic carbocycles. The van der Waals surface area contributed by atoms with Gasteiger partial charge in [-0.2, -0.15) is 0 Å². The highest BCUT2D eigenvalue weighted by Gasteiger charge is 2.18. The van der Waals surface area contributed by atoms with Crippen molar-refractivity contribution in [1.29, 1.82) is 0 Å². The van der Waals surface area contributed by atoms with Gasteiger partial charge in [0, 0.05) is 26.3 Å². The van der Waals surface area contributed by atoms with Crippen LogP contribution < -0.4 is 5.32 Å².